The molecule has 0 amide bonds. The summed E-state index contributed by atoms with van der Waals surface area (Å²) >= 11 is 0. The zero-order valence-electron chi connectivity index (χ0n) is 11.3. The lowest BCUT2D eigenvalue weighted by Gasteiger charge is -2.15. The van der Waals surface area contributed by atoms with Gasteiger partial charge in [-0.15, -0.1) is 0 Å². The van der Waals surface area contributed by atoms with Gasteiger partial charge in [0.15, 0.2) is 12.4 Å². The van der Waals surface area contributed by atoms with Crippen molar-refractivity contribution in [3.05, 3.63) is 35.8 Å². The van der Waals surface area contributed by atoms with E-state index in [1.807, 2.05) is 19.1 Å². The molecule has 0 saturated heterocycles. The van der Waals surface area contributed by atoms with Crippen molar-refractivity contribution >= 4 is 5.97 Å². The van der Waals surface area contributed by atoms with E-state index < -0.39 is 5.97 Å². The van der Waals surface area contributed by atoms with Crippen molar-refractivity contribution < 1.29 is 24.1 Å². The van der Waals surface area contributed by atoms with Crippen molar-refractivity contribution in [2.75, 3.05) is 26.9 Å². The molecule has 0 aromatic heterocycles. The second kappa shape index (κ2) is 8.37. The van der Waals surface area contributed by atoms with Gasteiger partial charge in [-0.25, -0.2) is 4.79 Å². The first-order valence-corrected chi connectivity index (χ1v) is 6.14. The number of ether oxygens (including phenoxy) is 3. The van der Waals surface area contributed by atoms with Gasteiger partial charge in [0, 0.05) is 12.5 Å². The number of aliphatic hydroxyl groups excluding tert-OH is 1. The molecule has 1 aliphatic rings. The van der Waals surface area contributed by atoms with Crippen LogP contribution >= 0.6 is 0 Å². The van der Waals surface area contributed by atoms with Gasteiger partial charge >= 0.3 is 5.97 Å². The van der Waals surface area contributed by atoms with Crippen molar-refractivity contribution in [1.82, 2.24) is 0 Å². The molecule has 5 nitrogen and oxygen atoms in total. The lowest BCUT2D eigenvalue weighted by atomic mass is 9.98. The Balaban J connectivity index is 2.63. The Kier molecular flexibility index (Phi) is 6.74. The highest BCUT2D eigenvalue weighted by molar-refractivity contribution is 5.70. The average molecular weight is 268 g/mol. The maximum absolute atomic E-state index is 11.0. The molecule has 0 spiro atoms. The van der Waals surface area contributed by atoms with Gasteiger partial charge in [-0.1, -0.05) is 17.7 Å². The van der Waals surface area contributed by atoms with Crippen molar-refractivity contribution in [1.29, 1.82) is 0 Å². The van der Waals surface area contributed by atoms with Crippen LogP contribution in [0.2, 0.25) is 0 Å². The number of hydrogen-bond acceptors (Lipinski definition) is 5. The molecule has 0 fully saturated rings. The first kappa shape index (κ1) is 15.3. The van der Waals surface area contributed by atoms with Crippen molar-refractivity contribution in [3.8, 4) is 0 Å². The Labute approximate surface area is 113 Å². The summed E-state index contributed by atoms with van der Waals surface area (Å²) in [4.78, 5) is 11.0. The van der Waals surface area contributed by atoms with Crippen LogP contribution in [-0.4, -0.2) is 38.0 Å². The summed E-state index contributed by atoms with van der Waals surface area (Å²) in [6.45, 7) is 2.43. The molecule has 0 saturated carbocycles. The maximum Gasteiger partial charge on any atom is 0.343 e. The van der Waals surface area contributed by atoms with Crippen molar-refractivity contribution in [3.63, 3.8) is 0 Å². The molecule has 106 valence electrons. The number of hydrogen-bond donors (Lipinski definition) is 1. The van der Waals surface area contributed by atoms with Gasteiger partial charge in [0.1, 0.15) is 6.26 Å². The van der Waals surface area contributed by atoms with Crippen molar-refractivity contribution in [2.24, 2.45) is 5.92 Å². The molecule has 0 aromatic carbocycles. The van der Waals surface area contributed by atoms with Gasteiger partial charge in [0.25, 0.3) is 0 Å². The number of esters is 1. The third kappa shape index (κ3) is 5.61. The van der Waals surface area contributed by atoms with Gasteiger partial charge < -0.3 is 19.3 Å². The maximum atomic E-state index is 11.0. The molecule has 1 aliphatic heterocycles. The van der Waals surface area contributed by atoms with Crippen molar-refractivity contribution in [2.45, 2.75) is 13.3 Å². The van der Waals surface area contributed by atoms with Crippen LogP contribution in [0, 0.1) is 5.92 Å². The van der Waals surface area contributed by atoms with E-state index in [0.29, 0.717) is 18.8 Å². The predicted octanol–water partition coefficient (Wildman–Crippen LogP) is 1.55. The fraction of sp³-hybridized carbons (Fsp3) is 0.500. The van der Waals surface area contributed by atoms with E-state index in [4.69, 9.17) is 14.6 Å². The van der Waals surface area contributed by atoms with Crippen LogP contribution in [0.1, 0.15) is 13.3 Å². The fourth-order valence-electron chi connectivity index (χ4n) is 1.60. The van der Waals surface area contributed by atoms with Crippen LogP contribution in [0.15, 0.2) is 35.8 Å². The molecule has 0 aromatic rings. The number of allylic oxidation sites excluding steroid dienone is 3. The Morgan fingerprint density at radius 3 is 3.05 bits per heavy atom. The van der Waals surface area contributed by atoms with Crippen LogP contribution in [0.25, 0.3) is 0 Å². The summed E-state index contributed by atoms with van der Waals surface area (Å²) in [6, 6.07) is 0. The van der Waals surface area contributed by atoms with E-state index in [0.717, 1.165) is 5.57 Å². The molecule has 19 heavy (non-hydrogen) atoms. The summed E-state index contributed by atoms with van der Waals surface area (Å²) in [6.07, 6.45) is 7.62. The van der Waals surface area contributed by atoms with Crippen LogP contribution < -0.4 is 0 Å². The minimum atomic E-state index is -0.445. The summed E-state index contributed by atoms with van der Waals surface area (Å²) in [7, 11) is 1.31. The zero-order chi connectivity index (χ0) is 14.1. The molecule has 5 heteroatoms. The molecule has 1 rings (SSSR count). The Morgan fingerprint density at radius 1 is 1.58 bits per heavy atom. The number of carbonyl (C=O) groups excluding carboxylic acids is 1. The molecule has 1 unspecified atom stereocenters. The van der Waals surface area contributed by atoms with Gasteiger partial charge in [-0.2, -0.15) is 0 Å². The monoisotopic (exact) mass is 268 g/mol. The van der Waals surface area contributed by atoms with E-state index in [-0.39, 0.29) is 19.1 Å². The molecule has 0 bridgehead atoms. The van der Waals surface area contributed by atoms with Crippen LogP contribution in [-0.2, 0) is 19.0 Å². The van der Waals surface area contributed by atoms with E-state index in [2.05, 4.69) is 4.74 Å². The van der Waals surface area contributed by atoms with Gasteiger partial charge in [-0.3, -0.25) is 0 Å². The highest BCUT2D eigenvalue weighted by atomic mass is 16.6. The number of methoxy groups -OCH3 is 1. The smallest absolute Gasteiger partial charge is 0.343 e. The summed E-state index contributed by atoms with van der Waals surface area (Å²) < 4.78 is 15.2. The molecule has 1 atom stereocenters. The molecular weight excluding hydrogens is 248 g/mol. The first-order chi connectivity index (χ1) is 9.17. The standard InChI is InChI=1S/C14H20O5/c1-11-4-3-5-13(19-10-14(16)17-2)9-18-8-12(11)6-7-15/h3-5,9,12,15H,6-8,10H2,1-2H3/b5-3-,11-4+,13-9-. The molecule has 0 aliphatic carbocycles. The van der Waals surface area contributed by atoms with Crippen LogP contribution in [0.5, 0.6) is 0 Å². The zero-order valence-corrected chi connectivity index (χ0v) is 11.3. The quantitative estimate of drug-likeness (QED) is 0.766. The number of carbonyl (C=O) groups is 1. The molecular formula is C14H20O5. The Morgan fingerprint density at radius 2 is 2.37 bits per heavy atom. The number of aliphatic hydroxyl groups is 1. The highest BCUT2D eigenvalue weighted by Crippen LogP contribution is 2.17. The molecule has 1 N–H and O–H groups in total. The highest BCUT2D eigenvalue weighted by Gasteiger charge is 2.11. The minimum absolute atomic E-state index is 0.123. The predicted molar refractivity (Wildman–Crippen MR) is 70.1 cm³/mol. The lowest BCUT2D eigenvalue weighted by molar-refractivity contribution is -0.144. The summed E-state index contributed by atoms with van der Waals surface area (Å²) in [5.74, 6) is 0.184. The topological polar surface area (TPSA) is 65.0 Å². The summed E-state index contributed by atoms with van der Waals surface area (Å²) in [5.41, 5.74) is 1.13. The third-order valence-corrected chi connectivity index (χ3v) is 2.82. The Hall–Kier alpha value is -1.75. The summed E-state index contributed by atoms with van der Waals surface area (Å²) in [5, 5.41) is 9.00. The van der Waals surface area contributed by atoms with Gasteiger partial charge in [-0.05, 0) is 19.4 Å². The fourth-order valence-corrected chi connectivity index (χ4v) is 1.60. The molecule has 0 radical (unpaired) electrons. The second-order valence-corrected chi connectivity index (χ2v) is 4.20. The Bertz CT molecular complexity index is 381. The second-order valence-electron chi connectivity index (χ2n) is 4.20. The van der Waals surface area contributed by atoms with E-state index in [1.54, 1.807) is 6.08 Å². The number of rotatable bonds is 5. The molecule has 1 heterocycles. The normalized spacial score (nSPS) is 26.4. The first-order valence-electron chi connectivity index (χ1n) is 6.14. The van der Waals surface area contributed by atoms with E-state index in [9.17, 15) is 4.79 Å². The van der Waals surface area contributed by atoms with Gasteiger partial charge in [0.2, 0.25) is 0 Å². The van der Waals surface area contributed by atoms with E-state index in [1.165, 1.54) is 13.4 Å². The minimum Gasteiger partial charge on any atom is -0.497 e. The average Bonchev–Trinajstić information content (AvgIpc) is 2.49. The lowest BCUT2D eigenvalue weighted by Crippen LogP contribution is -2.12. The third-order valence-electron chi connectivity index (χ3n) is 2.82. The van der Waals surface area contributed by atoms with Gasteiger partial charge in [0.05, 0.1) is 13.7 Å². The largest absolute Gasteiger partial charge is 0.497 e. The van der Waals surface area contributed by atoms with Crippen LogP contribution in [0.3, 0.4) is 0 Å². The van der Waals surface area contributed by atoms with E-state index >= 15 is 0 Å². The van der Waals surface area contributed by atoms with Crippen LogP contribution in [0.4, 0.5) is 0 Å². The SMILES string of the molecule is COC(=O)COC1=C\OCC(CCO)/C(C)=C/C=C\1.